The molecule has 1 aliphatic heterocycles. The molecule has 1 aliphatic rings. The molecule has 1 unspecified atom stereocenters. The van der Waals surface area contributed by atoms with E-state index in [-0.39, 0.29) is 6.04 Å². The molecule has 1 aromatic carbocycles. The normalized spacial score (nSPS) is 20.1. The predicted octanol–water partition coefficient (Wildman–Crippen LogP) is 1.81. The number of benzene rings is 1. The molecule has 5 heteroatoms. The van der Waals surface area contributed by atoms with Gasteiger partial charge in [-0.25, -0.2) is 0 Å². The van der Waals surface area contributed by atoms with E-state index in [1.165, 1.54) is 0 Å². The first-order chi connectivity index (χ1) is 9.54. The number of hydrogen-bond acceptors (Lipinski definition) is 4. The highest BCUT2D eigenvalue weighted by Crippen LogP contribution is 2.27. The molecule has 0 bridgehead atoms. The lowest BCUT2D eigenvalue weighted by Gasteiger charge is -2.38. The largest absolute Gasteiger partial charge is 0.388 e. The summed E-state index contributed by atoms with van der Waals surface area (Å²) in [7, 11) is 1.99. The van der Waals surface area contributed by atoms with Crippen molar-refractivity contribution in [1.82, 2.24) is 4.90 Å². The Hall–Kier alpha value is -0.650. The van der Waals surface area contributed by atoms with Crippen molar-refractivity contribution in [1.29, 1.82) is 0 Å². The first-order valence-corrected chi connectivity index (χ1v) is 7.38. The number of rotatable bonds is 5. The van der Waals surface area contributed by atoms with Gasteiger partial charge in [-0.2, -0.15) is 0 Å². The van der Waals surface area contributed by atoms with E-state index in [2.05, 4.69) is 4.90 Å². The quantitative estimate of drug-likeness (QED) is 0.870. The summed E-state index contributed by atoms with van der Waals surface area (Å²) in [5.74, 6) is 0. The second kappa shape index (κ2) is 6.87. The molecule has 1 atom stereocenters. The van der Waals surface area contributed by atoms with Gasteiger partial charge in [0.15, 0.2) is 0 Å². The van der Waals surface area contributed by atoms with Gasteiger partial charge in [-0.15, -0.1) is 0 Å². The van der Waals surface area contributed by atoms with Gasteiger partial charge in [-0.05, 0) is 24.7 Å². The number of ether oxygens (including phenoxy) is 1. The summed E-state index contributed by atoms with van der Waals surface area (Å²) in [4.78, 5) is 2.11. The average Bonchev–Trinajstić information content (AvgIpc) is 2.39. The zero-order valence-corrected chi connectivity index (χ0v) is 12.6. The summed E-state index contributed by atoms with van der Waals surface area (Å²) >= 11 is 6.04. The summed E-state index contributed by atoms with van der Waals surface area (Å²) in [5, 5.41) is 11.3. The Morgan fingerprint density at radius 1 is 1.45 bits per heavy atom. The van der Waals surface area contributed by atoms with Crippen molar-refractivity contribution in [2.75, 3.05) is 33.4 Å². The molecule has 2 rings (SSSR count). The van der Waals surface area contributed by atoms with Crippen LogP contribution in [0.25, 0.3) is 0 Å². The lowest BCUT2D eigenvalue weighted by molar-refractivity contribution is -0.0812. The van der Waals surface area contributed by atoms with Crippen molar-refractivity contribution in [2.24, 2.45) is 5.73 Å². The molecule has 0 aromatic heterocycles. The van der Waals surface area contributed by atoms with Crippen LogP contribution in [0.2, 0.25) is 5.02 Å². The Kier molecular flexibility index (Phi) is 5.41. The summed E-state index contributed by atoms with van der Waals surface area (Å²) < 4.78 is 5.31. The molecule has 4 nitrogen and oxygen atoms in total. The molecule has 0 aliphatic carbocycles. The van der Waals surface area contributed by atoms with Crippen LogP contribution in [0.1, 0.15) is 24.4 Å². The maximum Gasteiger partial charge on any atom is 0.0818 e. The third kappa shape index (κ3) is 3.93. The zero-order chi connectivity index (χ0) is 14.6. The van der Waals surface area contributed by atoms with Crippen LogP contribution >= 0.6 is 11.6 Å². The Labute approximate surface area is 125 Å². The maximum absolute atomic E-state index is 10.6. The molecule has 112 valence electrons. The Bertz CT molecular complexity index is 436. The van der Waals surface area contributed by atoms with Gasteiger partial charge in [0.25, 0.3) is 0 Å². The molecule has 0 amide bonds. The zero-order valence-electron chi connectivity index (χ0n) is 11.9. The second-order valence-corrected chi connectivity index (χ2v) is 5.99. The number of nitrogens with zero attached hydrogens (tertiary/aromatic N) is 1. The van der Waals surface area contributed by atoms with Crippen molar-refractivity contribution in [3.8, 4) is 0 Å². The lowest BCUT2D eigenvalue weighted by atomic mass is 9.92. The monoisotopic (exact) mass is 298 g/mol. The highest BCUT2D eigenvalue weighted by atomic mass is 35.5. The Morgan fingerprint density at radius 2 is 2.15 bits per heavy atom. The van der Waals surface area contributed by atoms with E-state index >= 15 is 0 Å². The van der Waals surface area contributed by atoms with Crippen LogP contribution in [0.15, 0.2) is 24.3 Å². The molecule has 0 radical (unpaired) electrons. The highest BCUT2D eigenvalue weighted by Gasteiger charge is 2.32. The van der Waals surface area contributed by atoms with Crippen molar-refractivity contribution >= 4 is 11.6 Å². The van der Waals surface area contributed by atoms with Crippen molar-refractivity contribution in [3.05, 3.63) is 34.9 Å². The Morgan fingerprint density at radius 3 is 2.75 bits per heavy atom. The van der Waals surface area contributed by atoms with Gasteiger partial charge in [0.1, 0.15) is 0 Å². The van der Waals surface area contributed by atoms with Crippen LogP contribution in [-0.4, -0.2) is 49.0 Å². The second-order valence-electron chi connectivity index (χ2n) is 5.56. The first kappa shape index (κ1) is 15.7. The van der Waals surface area contributed by atoms with Crippen LogP contribution in [-0.2, 0) is 4.74 Å². The molecule has 0 saturated carbocycles. The number of halogens is 1. The molecular weight excluding hydrogens is 276 g/mol. The van der Waals surface area contributed by atoms with Crippen LogP contribution < -0.4 is 5.73 Å². The van der Waals surface area contributed by atoms with E-state index in [1.54, 1.807) is 0 Å². The minimum Gasteiger partial charge on any atom is -0.388 e. The van der Waals surface area contributed by atoms with E-state index < -0.39 is 5.60 Å². The van der Waals surface area contributed by atoms with E-state index in [0.29, 0.717) is 44.2 Å². The SMILES string of the molecule is CN(CC1(O)CCOCC1)C(CN)c1cccc(Cl)c1. The molecule has 1 fully saturated rings. The van der Waals surface area contributed by atoms with Crippen LogP contribution in [0.3, 0.4) is 0 Å². The molecule has 1 aromatic rings. The van der Waals surface area contributed by atoms with Crippen molar-refractivity contribution in [2.45, 2.75) is 24.5 Å². The summed E-state index contributed by atoms with van der Waals surface area (Å²) in [6.07, 6.45) is 1.34. The van der Waals surface area contributed by atoms with Gasteiger partial charge >= 0.3 is 0 Å². The topological polar surface area (TPSA) is 58.7 Å². The minimum absolute atomic E-state index is 0.0561. The molecule has 1 saturated heterocycles. The van der Waals surface area contributed by atoms with Crippen molar-refractivity contribution < 1.29 is 9.84 Å². The third-order valence-electron chi connectivity index (χ3n) is 3.96. The van der Waals surface area contributed by atoms with E-state index in [1.807, 2.05) is 31.3 Å². The van der Waals surface area contributed by atoms with Crippen LogP contribution in [0.4, 0.5) is 0 Å². The lowest BCUT2D eigenvalue weighted by Crippen LogP contribution is -2.47. The molecule has 3 N–H and O–H groups in total. The van der Waals surface area contributed by atoms with E-state index in [9.17, 15) is 5.11 Å². The maximum atomic E-state index is 10.6. The van der Waals surface area contributed by atoms with Crippen molar-refractivity contribution in [3.63, 3.8) is 0 Å². The number of likely N-dealkylation sites (N-methyl/N-ethyl adjacent to an activating group) is 1. The van der Waals surface area contributed by atoms with Gasteiger partial charge in [0.2, 0.25) is 0 Å². The smallest absolute Gasteiger partial charge is 0.0818 e. The van der Waals surface area contributed by atoms with Gasteiger partial charge < -0.3 is 15.6 Å². The first-order valence-electron chi connectivity index (χ1n) is 7.00. The molecular formula is C15H23ClN2O2. The average molecular weight is 299 g/mol. The van der Waals surface area contributed by atoms with Gasteiger partial charge in [-0.3, -0.25) is 4.90 Å². The summed E-state index contributed by atoms with van der Waals surface area (Å²) in [6.45, 7) is 2.32. The number of hydrogen-bond donors (Lipinski definition) is 2. The van der Waals surface area contributed by atoms with E-state index in [0.717, 1.165) is 5.56 Å². The van der Waals surface area contributed by atoms with Gasteiger partial charge in [-0.1, -0.05) is 23.7 Å². The fourth-order valence-electron chi connectivity index (χ4n) is 2.77. The van der Waals surface area contributed by atoms with E-state index in [4.69, 9.17) is 22.1 Å². The number of nitrogens with two attached hydrogens (primary N) is 1. The minimum atomic E-state index is -0.682. The Balaban J connectivity index is 2.07. The predicted molar refractivity (Wildman–Crippen MR) is 80.9 cm³/mol. The standard InChI is InChI=1S/C15H23ClN2O2/c1-18(11-15(19)5-7-20-8-6-15)14(10-17)12-3-2-4-13(16)9-12/h2-4,9,14,19H,5-8,10-11,17H2,1H3. The highest BCUT2D eigenvalue weighted by molar-refractivity contribution is 6.30. The molecule has 1 heterocycles. The van der Waals surface area contributed by atoms with Crippen LogP contribution in [0.5, 0.6) is 0 Å². The van der Waals surface area contributed by atoms with Gasteiger partial charge in [0.05, 0.1) is 5.60 Å². The summed E-state index contributed by atoms with van der Waals surface area (Å²) in [6, 6.07) is 7.79. The molecule has 0 spiro atoms. The fraction of sp³-hybridized carbons (Fsp3) is 0.600. The number of aliphatic hydroxyl groups is 1. The third-order valence-corrected chi connectivity index (χ3v) is 4.19. The fourth-order valence-corrected chi connectivity index (χ4v) is 2.97. The van der Waals surface area contributed by atoms with Gasteiger partial charge in [0, 0.05) is 50.2 Å². The molecule has 20 heavy (non-hydrogen) atoms. The summed E-state index contributed by atoms with van der Waals surface area (Å²) in [5.41, 5.74) is 6.31. The van der Waals surface area contributed by atoms with Crippen LogP contribution in [0, 0.1) is 0 Å².